The van der Waals surface area contributed by atoms with Gasteiger partial charge < -0.3 is 15.2 Å². The van der Waals surface area contributed by atoms with Gasteiger partial charge in [-0.15, -0.1) is 22.7 Å². The zero-order chi connectivity index (χ0) is 23.2. The van der Waals surface area contributed by atoms with Crippen molar-refractivity contribution in [2.24, 2.45) is 0 Å². The molecule has 0 aliphatic rings. The first kappa shape index (κ1) is 22.9. The molecular weight excluding hydrogens is 454 g/mol. The fourth-order valence-corrected chi connectivity index (χ4v) is 4.88. The van der Waals surface area contributed by atoms with Crippen LogP contribution in [0.1, 0.15) is 41.7 Å². The van der Waals surface area contributed by atoms with Crippen LogP contribution in [0.5, 0.6) is 0 Å². The van der Waals surface area contributed by atoms with E-state index in [0.717, 1.165) is 22.0 Å². The molecule has 2 amide bonds. The summed E-state index contributed by atoms with van der Waals surface area (Å²) >= 11 is 2.86. The first-order chi connectivity index (χ1) is 16.0. The maximum Gasteiger partial charge on any atom is 0.231 e. The average Bonchev–Trinajstić information content (AvgIpc) is 3.51. The van der Waals surface area contributed by atoms with Crippen molar-refractivity contribution in [1.29, 1.82) is 0 Å². The molecule has 0 aliphatic heterocycles. The Labute approximate surface area is 200 Å². The summed E-state index contributed by atoms with van der Waals surface area (Å²) in [5.74, 6) is 1.11. The molecule has 0 saturated carbocycles. The first-order valence-electron chi connectivity index (χ1n) is 10.6. The molecule has 1 aromatic carbocycles. The van der Waals surface area contributed by atoms with Crippen LogP contribution in [0.3, 0.4) is 0 Å². The molecule has 0 bridgehead atoms. The Balaban J connectivity index is 1.31. The van der Waals surface area contributed by atoms with Crippen LogP contribution in [0.2, 0.25) is 0 Å². The number of rotatable bonds is 9. The minimum atomic E-state index is -0.153. The summed E-state index contributed by atoms with van der Waals surface area (Å²) in [6, 6.07) is 11.7. The SMILES string of the molecule is CC(C)c1nccn1Cc1cccc(NC(=O)Cc2csc(NC(=O)Cc3cccs3)n2)c1. The molecule has 0 saturated heterocycles. The second kappa shape index (κ2) is 10.5. The van der Waals surface area contributed by atoms with E-state index in [1.807, 2.05) is 54.2 Å². The Morgan fingerprint density at radius 2 is 1.91 bits per heavy atom. The van der Waals surface area contributed by atoms with Gasteiger partial charge >= 0.3 is 0 Å². The molecule has 3 aromatic heterocycles. The predicted octanol–water partition coefficient (Wildman–Crippen LogP) is 4.94. The zero-order valence-corrected chi connectivity index (χ0v) is 20.1. The summed E-state index contributed by atoms with van der Waals surface area (Å²) in [7, 11) is 0. The van der Waals surface area contributed by atoms with Crippen molar-refractivity contribution >= 4 is 45.3 Å². The van der Waals surface area contributed by atoms with E-state index in [-0.39, 0.29) is 18.2 Å². The van der Waals surface area contributed by atoms with Crippen molar-refractivity contribution in [3.05, 3.63) is 81.5 Å². The third-order valence-electron chi connectivity index (χ3n) is 4.88. The van der Waals surface area contributed by atoms with Gasteiger partial charge in [-0.2, -0.15) is 0 Å². The maximum absolute atomic E-state index is 12.5. The van der Waals surface area contributed by atoms with Crippen LogP contribution in [0.15, 0.2) is 59.6 Å². The highest BCUT2D eigenvalue weighted by Gasteiger charge is 2.12. The van der Waals surface area contributed by atoms with E-state index in [9.17, 15) is 9.59 Å². The minimum Gasteiger partial charge on any atom is -0.330 e. The van der Waals surface area contributed by atoms with Crippen LogP contribution in [-0.4, -0.2) is 26.3 Å². The summed E-state index contributed by atoms with van der Waals surface area (Å²) in [5.41, 5.74) is 2.44. The number of carbonyl (C=O) groups is 2. The molecular formula is C24H25N5O2S2. The average molecular weight is 480 g/mol. The van der Waals surface area contributed by atoms with Gasteiger partial charge in [-0.1, -0.05) is 32.0 Å². The molecule has 9 heteroatoms. The maximum atomic E-state index is 12.5. The molecule has 3 heterocycles. The van der Waals surface area contributed by atoms with E-state index in [0.29, 0.717) is 29.7 Å². The lowest BCUT2D eigenvalue weighted by Crippen LogP contribution is -2.16. The number of benzene rings is 1. The lowest BCUT2D eigenvalue weighted by molar-refractivity contribution is -0.116. The topological polar surface area (TPSA) is 88.9 Å². The van der Waals surface area contributed by atoms with E-state index < -0.39 is 0 Å². The number of nitrogens with one attached hydrogen (secondary N) is 2. The molecule has 7 nitrogen and oxygen atoms in total. The third kappa shape index (κ3) is 6.36. The fourth-order valence-electron chi connectivity index (χ4n) is 3.45. The number of hydrogen-bond donors (Lipinski definition) is 2. The Bertz CT molecular complexity index is 1230. The largest absolute Gasteiger partial charge is 0.330 e. The number of thiazole rings is 1. The van der Waals surface area contributed by atoms with Gasteiger partial charge in [0.2, 0.25) is 11.8 Å². The number of amides is 2. The second-order valence-corrected chi connectivity index (χ2v) is 9.83. The van der Waals surface area contributed by atoms with Gasteiger partial charge in [0, 0.05) is 40.8 Å². The molecule has 0 fully saturated rings. The molecule has 170 valence electrons. The van der Waals surface area contributed by atoms with E-state index in [2.05, 4.69) is 39.0 Å². The Kier molecular flexibility index (Phi) is 7.31. The van der Waals surface area contributed by atoms with E-state index >= 15 is 0 Å². The van der Waals surface area contributed by atoms with Crippen molar-refractivity contribution in [2.45, 2.75) is 39.2 Å². The van der Waals surface area contributed by atoms with Crippen molar-refractivity contribution in [2.75, 3.05) is 10.6 Å². The second-order valence-electron chi connectivity index (χ2n) is 7.94. The molecule has 0 unspecified atom stereocenters. The summed E-state index contributed by atoms with van der Waals surface area (Å²) in [6.45, 7) is 4.93. The zero-order valence-electron chi connectivity index (χ0n) is 18.4. The molecule has 0 spiro atoms. The summed E-state index contributed by atoms with van der Waals surface area (Å²) in [5, 5.41) is 9.98. The molecule has 0 aliphatic carbocycles. The highest BCUT2D eigenvalue weighted by Crippen LogP contribution is 2.19. The van der Waals surface area contributed by atoms with Crippen molar-refractivity contribution < 1.29 is 9.59 Å². The smallest absolute Gasteiger partial charge is 0.231 e. The van der Waals surface area contributed by atoms with Gasteiger partial charge in [-0.25, -0.2) is 9.97 Å². The number of imidazole rings is 1. The van der Waals surface area contributed by atoms with Crippen LogP contribution >= 0.6 is 22.7 Å². The minimum absolute atomic E-state index is 0.113. The Morgan fingerprint density at radius 1 is 1.06 bits per heavy atom. The van der Waals surface area contributed by atoms with E-state index in [1.165, 1.54) is 11.3 Å². The number of thiophene rings is 1. The van der Waals surface area contributed by atoms with Crippen molar-refractivity contribution in [1.82, 2.24) is 14.5 Å². The van der Waals surface area contributed by atoms with Gasteiger partial charge in [-0.05, 0) is 29.1 Å². The number of anilines is 2. The summed E-state index contributed by atoms with van der Waals surface area (Å²) < 4.78 is 2.12. The summed E-state index contributed by atoms with van der Waals surface area (Å²) in [6.07, 6.45) is 4.25. The van der Waals surface area contributed by atoms with Crippen LogP contribution in [0, 0.1) is 0 Å². The van der Waals surface area contributed by atoms with Gasteiger partial charge in [0.25, 0.3) is 0 Å². The number of carbonyl (C=O) groups excluding carboxylic acids is 2. The standard InChI is InChI=1S/C24H25N5O2S2/c1-16(2)23-25-8-9-29(23)14-17-5-3-6-18(11-17)26-21(30)12-19-15-33-24(27-19)28-22(31)13-20-7-4-10-32-20/h3-11,15-16H,12-14H2,1-2H3,(H,26,30)(H,27,28,31). The van der Waals surface area contributed by atoms with Crippen LogP contribution < -0.4 is 10.6 Å². The fraction of sp³-hybridized carbons (Fsp3) is 0.250. The van der Waals surface area contributed by atoms with Gasteiger partial charge in [0.05, 0.1) is 18.5 Å². The van der Waals surface area contributed by atoms with Crippen molar-refractivity contribution in [3.8, 4) is 0 Å². The quantitative estimate of drug-likeness (QED) is 0.356. The predicted molar refractivity (Wildman–Crippen MR) is 133 cm³/mol. The van der Waals surface area contributed by atoms with Crippen LogP contribution in [-0.2, 0) is 29.0 Å². The van der Waals surface area contributed by atoms with Gasteiger partial charge in [0.15, 0.2) is 5.13 Å². The van der Waals surface area contributed by atoms with Crippen LogP contribution in [0.25, 0.3) is 0 Å². The molecule has 2 N–H and O–H groups in total. The number of hydrogen-bond acceptors (Lipinski definition) is 6. The molecule has 0 atom stereocenters. The molecule has 33 heavy (non-hydrogen) atoms. The summed E-state index contributed by atoms with van der Waals surface area (Å²) in [4.78, 5) is 34.5. The van der Waals surface area contributed by atoms with Crippen molar-refractivity contribution in [3.63, 3.8) is 0 Å². The van der Waals surface area contributed by atoms with E-state index in [4.69, 9.17) is 0 Å². The molecule has 4 aromatic rings. The van der Waals surface area contributed by atoms with Gasteiger partial charge in [-0.3, -0.25) is 9.59 Å². The van der Waals surface area contributed by atoms with Crippen LogP contribution in [0.4, 0.5) is 10.8 Å². The highest BCUT2D eigenvalue weighted by atomic mass is 32.1. The molecule has 0 radical (unpaired) electrons. The Morgan fingerprint density at radius 3 is 2.70 bits per heavy atom. The lowest BCUT2D eigenvalue weighted by Gasteiger charge is -2.12. The number of nitrogens with zero attached hydrogens (tertiary/aromatic N) is 3. The lowest BCUT2D eigenvalue weighted by atomic mass is 10.1. The van der Waals surface area contributed by atoms with E-state index in [1.54, 1.807) is 16.7 Å². The Hall–Kier alpha value is -3.30. The number of aromatic nitrogens is 3. The monoisotopic (exact) mass is 479 g/mol. The molecule has 4 rings (SSSR count). The highest BCUT2D eigenvalue weighted by molar-refractivity contribution is 7.14. The first-order valence-corrected chi connectivity index (χ1v) is 12.4. The third-order valence-corrected chi connectivity index (χ3v) is 6.57. The van der Waals surface area contributed by atoms with Gasteiger partial charge in [0.1, 0.15) is 5.82 Å². The normalized spacial score (nSPS) is 11.0.